The van der Waals surface area contributed by atoms with Crippen LogP contribution in [0.4, 0.5) is 17.5 Å². The number of thiazole rings is 1. The number of halogens is 2. The first-order valence-electron chi connectivity index (χ1n) is 9.74. The molecule has 0 radical (unpaired) electrons. The van der Waals surface area contributed by atoms with Gasteiger partial charge in [0.15, 0.2) is 5.82 Å². The highest BCUT2D eigenvalue weighted by Crippen LogP contribution is 2.40. The third kappa shape index (κ3) is 4.16. The summed E-state index contributed by atoms with van der Waals surface area (Å²) in [6, 6.07) is 9.24. The van der Waals surface area contributed by atoms with E-state index in [1.54, 1.807) is 6.20 Å². The quantitative estimate of drug-likeness (QED) is 0.429. The summed E-state index contributed by atoms with van der Waals surface area (Å²) in [7, 11) is 0. The lowest BCUT2D eigenvalue weighted by Crippen LogP contribution is -2.36. The molecular weight excluding hydrogens is 455 g/mol. The highest BCUT2D eigenvalue weighted by Gasteiger charge is 2.18. The average Bonchev–Trinajstić information content (AvgIpc) is 3.19. The predicted octanol–water partition coefficient (Wildman–Crippen LogP) is 5.34. The number of fused-ring (bicyclic) bond motifs is 1. The van der Waals surface area contributed by atoms with Crippen LogP contribution in [0.3, 0.4) is 0 Å². The first-order valence-corrected chi connectivity index (χ1v) is 11.3. The minimum Gasteiger partial charge on any atom is -0.378 e. The molecule has 4 heterocycles. The molecule has 3 aromatic heterocycles. The molecule has 158 valence electrons. The van der Waals surface area contributed by atoms with Crippen molar-refractivity contribution in [3.8, 4) is 10.6 Å². The Morgan fingerprint density at radius 3 is 2.61 bits per heavy atom. The molecule has 1 aliphatic rings. The minimum absolute atomic E-state index is 0.565. The number of ether oxygens (including phenoxy) is 1. The molecular formula is C21H18Cl2N6OS. The van der Waals surface area contributed by atoms with Gasteiger partial charge in [0.05, 0.1) is 33.5 Å². The Morgan fingerprint density at radius 2 is 1.84 bits per heavy atom. The van der Waals surface area contributed by atoms with Gasteiger partial charge in [-0.3, -0.25) is 0 Å². The van der Waals surface area contributed by atoms with Crippen molar-refractivity contribution < 1.29 is 4.74 Å². The molecule has 1 saturated heterocycles. The fraction of sp³-hybridized carbons (Fsp3) is 0.238. The highest BCUT2D eigenvalue weighted by molar-refractivity contribution is 7.22. The van der Waals surface area contributed by atoms with Crippen LogP contribution in [-0.2, 0) is 4.74 Å². The number of aromatic nitrogens is 4. The fourth-order valence-corrected chi connectivity index (χ4v) is 5.21. The maximum Gasteiger partial charge on any atom is 0.151 e. The molecule has 1 fully saturated rings. The summed E-state index contributed by atoms with van der Waals surface area (Å²) in [6.07, 6.45) is 1.72. The number of anilines is 3. The van der Waals surface area contributed by atoms with Gasteiger partial charge in [-0.25, -0.2) is 19.9 Å². The third-order valence-corrected chi connectivity index (χ3v) is 6.61. The lowest BCUT2D eigenvalue weighted by molar-refractivity contribution is 0.122. The van der Waals surface area contributed by atoms with Crippen molar-refractivity contribution in [2.24, 2.45) is 0 Å². The Labute approximate surface area is 193 Å². The fourth-order valence-electron chi connectivity index (χ4n) is 3.45. The zero-order valence-corrected chi connectivity index (χ0v) is 18.9. The second-order valence-electron chi connectivity index (χ2n) is 7.01. The van der Waals surface area contributed by atoms with E-state index in [-0.39, 0.29) is 0 Å². The lowest BCUT2D eigenvalue weighted by Gasteiger charge is -2.28. The Hall–Kier alpha value is -2.52. The smallest absolute Gasteiger partial charge is 0.151 e. The van der Waals surface area contributed by atoms with Crippen molar-refractivity contribution in [2.45, 2.75) is 6.92 Å². The van der Waals surface area contributed by atoms with Gasteiger partial charge in [-0.15, -0.1) is 11.3 Å². The zero-order valence-electron chi connectivity index (χ0n) is 16.6. The normalized spacial score (nSPS) is 14.2. The van der Waals surface area contributed by atoms with Crippen LogP contribution in [0, 0.1) is 6.92 Å². The van der Waals surface area contributed by atoms with Crippen LogP contribution < -0.4 is 10.2 Å². The van der Waals surface area contributed by atoms with Crippen molar-refractivity contribution in [3.63, 3.8) is 0 Å². The molecule has 7 nitrogen and oxygen atoms in total. The molecule has 4 aromatic rings. The van der Waals surface area contributed by atoms with Gasteiger partial charge in [0.2, 0.25) is 0 Å². The molecule has 5 rings (SSSR count). The summed E-state index contributed by atoms with van der Waals surface area (Å²) in [6.45, 7) is 4.89. The van der Waals surface area contributed by atoms with Crippen molar-refractivity contribution >= 4 is 62.2 Å². The van der Waals surface area contributed by atoms with E-state index in [4.69, 9.17) is 32.9 Å². The van der Waals surface area contributed by atoms with Crippen LogP contribution in [-0.4, -0.2) is 46.2 Å². The highest BCUT2D eigenvalue weighted by atomic mass is 35.5. The number of benzene rings is 1. The van der Waals surface area contributed by atoms with Gasteiger partial charge in [-0.1, -0.05) is 29.3 Å². The van der Waals surface area contributed by atoms with Gasteiger partial charge in [0, 0.05) is 30.9 Å². The summed E-state index contributed by atoms with van der Waals surface area (Å²) in [5.74, 6) is 2.92. The topological polar surface area (TPSA) is 76.1 Å². The van der Waals surface area contributed by atoms with Gasteiger partial charge < -0.3 is 15.0 Å². The number of nitrogens with one attached hydrogen (secondary N) is 1. The summed E-state index contributed by atoms with van der Waals surface area (Å²) >= 11 is 14.3. The van der Waals surface area contributed by atoms with Gasteiger partial charge >= 0.3 is 0 Å². The monoisotopic (exact) mass is 472 g/mol. The van der Waals surface area contributed by atoms with Gasteiger partial charge in [-0.05, 0) is 25.1 Å². The Morgan fingerprint density at radius 1 is 1.06 bits per heavy atom. The van der Waals surface area contributed by atoms with E-state index in [1.165, 1.54) is 11.3 Å². The van der Waals surface area contributed by atoms with E-state index in [0.29, 0.717) is 40.7 Å². The van der Waals surface area contributed by atoms with E-state index in [2.05, 4.69) is 25.2 Å². The number of pyridine rings is 1. The zero-order chi connectivity index (χ0) is 21.4. The van der Waals surface area contributed by atoms with Crippen molar-refractivity contribution in [3.05, 3.63) is 52.4 Å². The maximum absolute atomic E-state index is 6.39. The van der Waals surface area contributed by atoms with Gasteiger partial charge in [0.25, 0.3) is 0 Å². The minimum atomic E-state index is 0.565. The molecule has 0 aliphatic carbocycles. The molecule has 31 heavy (non-hydrogen) atoms. The molecule has 10 heteroatoms. The van der Waals surface area contributed by atoms with Crippen LogP contribution in [0.15, 0.2) is 36.5 Å². The predicted molar refractivity (Wildman–Crippen MR) is 126 cm³/mol. The molecule has 0 spiro atoms. The second kappa shape index (κ2) is 8.55. The summed E-state index contributed by atoms with van der Waals surface area (Å²) in [4.78, 5) is 20.6. The maximum atomic E-state index is 6.39. The molecule has 1 N–H and O–H groups in total. The average molecular weight is 473 g/mol. The van der Waals surface area contributed by atoms with Crippen molar-refractivity contribution in [1.29, 1.82) is 0 Å². The van der Waals surface area contributed by atoms with E-state index in [1.807, 2.05) is 37.3 Å². The number of hydrogen-bond acceptors (Lipinski definition) is 8. The summed E-state index contributed by atoms with van der Waals surface area (Å²) < 4.78 is 6.35. The molecule has 0 amide bonds. The van der Waals surface area contributed by atoms with Gasteiger partial charge in [0.1, 0.15) is 22.5 Å². The van der Waals surface area contributed by atoms with Crippen molar-refractivity contribution in [1.82, 2.24) is 19.9 Å². The lowest BCUT2D eigenvalue weighted by atomic mass is 10.2. The van der Waals surface area contributed by atoms with Crippen LogP contribution in [0.5, 0.6) is 0 Å². The molecule has 0 unspecified atom stereocenters. The third-order valence-electron chi connectivity index (χ3n) is 4.89. The molecule has 1 aliphatic heterocycles. The van der Waals surface area contributed by atoms with Gasteiger partial charge in [-0.2, -0.15) is 0 Å². The standard InChI is InChI=1S/C21H18Cl2N6OS/c1-12-25-16(11-17(26-12)29-7-9-30-10-8-29)28-20-19-15(5-6-24-20)27-21(31-19)18-13(22)3-2-4-14(18)23/h2-6,11H,7-10H2,1H3,(H,24,25,26,28). The number of aryl methyl sites for hydroxylation is 1. The molecule has 0 atom stereocenters. The number of hydrogen-bond donors (Lipinski definition) is 1. The van der Waals surface area contributed by atoms with Crippen molar-refractivity contribution in [2.75, 3.05) is 36.5 Å². The van der Waals surface area contributed by atoms with E-state index in [0.717, 1.165) is 39.7 Å². The van der Waals surface area contributed by atoms with E-state index < -0.39 is 0 Å². The molecule has 0 bridgehead atoms. The van der Waals surface area contributed by atoms with Crippen LogP contribution in [0.1, 0.15) is 5.82 Å². The van der Waals surface area contributed by atoms with E-state index in [9.17, 15) is 0 Å². The Kier molecular flexibility index (Phi) is 5.62. The summed E-state index contributed by atoms with van der Waals surface area (Å²) in [5.41, 5.74) is 1.54. The number of morpholine rings is 1. The number of nitrogens with zero attached hydrogens (tertiary/aromatic N) is 5. The Bertz CT molecular complexity index is 1240. The Balaban J connectivity index is 1.51. The largest absolute Gasteiger partial charge is 0.378 e. The van der Waals surface area contributed by atoms with E-state index >= 15 is 0 Å². The van der Waals surface area contributed by atoms with Crippen LogP contribution >= 0.6 is 34.5 Å². The van der Waals surface area contributed by atoms with Crippen LogP contribution in [0.2, 0.25) is 10.0 Å². The first kappa shape index (κ1) is 20.4. The molecule has 1 aromatic carbocycles. The second-order valence-corrected chi connectivity index (χ2v) is 8.82. The first-order chi connectivity index (χ1) is 15.1. The molecule has 0 saturated carbocycles. The summed E-state index contributed by atoms with van der Waals surface area (Å²) in [5, 5.41) is 5.22. The SMILES string of the molecule is Cc1nc(Nc2nccc3nc(-c4c(Cl)cccc4Cl)sc23)cc(N2CCOCC2)n1. The number of rotatable bonds is 4. The van der Waals surface area contributed by atoms with Crippen LogP contribution in [0.25, 0.3) is 20.8 Å².